The van der Waals surface area contributed by atoms with Crippen molar-refractivity contribution in [1.29, 1.82) is 0 Å². The molecule has 2 unspecified atom stereocenters. The Kier molecular flexibility index (Phi) is 4.71. The number of hydrogen-bond acceptors (Lipinski definition) is 3. The molecule has 1 heterocycles. The van der Waals surface area contributed by atoms with Crippen molar-refractivity contribution in [2.24, 2.45) is 0 Å². The Morgan fingerprint density at radius 3 is 3.00 bits per heavy atom. The van der Waals surface area contributed by atoms with Crippen LogP contribution in [-0.4, -0.2) is 23.7 Å². The summed E-state index contributed by atoms with van der Waals surface area (Å²) in [5.74, 6) is 0.941. The lowest BCUT2D eigenvalue weighted by Crippen LogP contribution is -2.42. The molecule has 3 nitrogen and oxygen atoms in total. The van der Waals surface area contributed by atoms with Gasteiger partial charge in [-0.25, -0.2) is 0 Å². The van der Waals surface area contributed by atoms with E-state index in [9.17, 15) is 0 Å². The van der Waals surface area contributed by atoms with Crippen LogP contribution in [0.4, 0.5) is 0 Å². The molecule has 1 aromatic carbocycles. The molecule has 3 rings (SSSR count). The summed E-state index contributed by atoms with van der Waals surface area (Å²) >= 11 is 0. The zero-order valence-corrected chi connectivity index (χ0v) is 12.7. The molecule has 0 bridgehead atoms. The fourth-order valence-corrected chi connectivity index (χ4v) is 3.20. The average Bonchev–Trinajstić information content (AvgIpc) is 2.73. The van der Waals surface area contributed by atoms with Crippen molar-refractivity contribution >= 4 is 10.9 Å². The first kappa shape index (κ1) is 14.3. The van der Waals surface area contributed by atoms with Crippen LogP contribution in [0.1, 0.15) is 39.0 Å². The zero-order valence-electron chi connectivity index (χ0n) is 12.7. The van der Waals surface area contributed by atoms with E-state index in [0.29, 0.717) is 6.04 Å². The van der Waals surface area contributed by atoms with Crippen molar-refractivity contribution in [1.82, 2.24) is 10.3 Å². The highest BCUT2D eigenvalue weighted by molar-refractivity contribution is 5.79. The highest BCUT2D eigenvalue weighted by atomic mass is 16.5. The molecule has 0 spiro atoms. The molecule has 1 fully saturated rings. The fourth-order valence-electron chi connectivity index (χ4n) is 3.20. The van der Waals surface area contributed by atoms with Gasteiger partial charge in [0.05, 0.1) is 5.52 Å². The van der Waals surface area contributed by atoms with Crippen molar-refractivity contribution in [3.8, 4) is 5.75 Å². The summed E-state index contributed by atoms with van der Waals surface area (Å²) in [5.41, 5.74) is 1.00. The van der Waals surface area contributed by atoms with Crippen molar-refractivity contribution in [2.75, 3.05) is 6.54 Å². The Morgan fingerprint density at radius 2 is 2.10 bits per heavy atom. The summed E-state index contributed by atoms with van der Waals surface area (Å²) in [4.78, 5) is 4.41. The molecule has 2 aromatic rings. The van der Waals surface area contributed by atoms with Crippen LogP contribution in [0.15, 0.2) is 36.5 Å². The second-order valence-corrected chi connectivity index (χ2v) is 5.82. The van der Waals surface area contributed by atoms with E-state index in [4.69, 9.17) is 4.74 Å². The zero-order chi connectivity index (χ0) is 14.5. The lowest BCUT2D eigenvalue weighted by Gasteiger charge is -2.26. The lowest BCUT2D eigenvalue weighted by atomic mass is 10.1. The van der Waals surface area contributed by atoms with E-state index < -0.39 is 0 Å². The number of pyridine rings is 1. The van der Waals surface area contributed by atoms with E-state index in [1.165, 1.54) is 25.7 Å². The summed E-state index contributed by atoms with van der Waals surface area (Å²) in [6.45, 7) is 3.17. The molecule has 0 amide bonds. The highest BCUT2D eigenvalue weighted by Gasteiger charge is 2.24. The molecular weight excluding hydrogens is 260 g/mol. The minimum Gasteiger partial charge on any atom is -0.489 e. The van der Waals surface area contributed by atoms with Gasteiger partial charge in [-0.15, -0.1) is 0 Å². The predicted octanol–water partition coefficient (Wildman–Crippen LogP) is 3.92. The third-order valence-corrected chi connectivity index (χ3v) is 4.28. The largest absolute Gasteiger partial charge is 0.489 e. The van der Waals surface area contributed by atoms with Gasteiger partial charge >= 0.3 is 0 Å². The van der Waals surface area contributed by atoms with Gasteiger partial charge in [-0.1, -0.05) is 25.8 Å². The smallest absolute Gasteiger partial charge is 0.122 e. The van der Waals surface area contributed by atoms with Crippen LogP contribution in [0.25, 0.3) is 10.9 Å². The predicted molar refractivity (Wildman–Crippen MR) is 86.7 cm³/mol. The lowest BCUT2D eigenvalue weighted by molar-refractivity contribution is 0.146. The Bertz CT molecular complexity index is 584. The second kappa shape index (κ2) is 6.90. The third kappa shape index (κ3) is 3.53. The maximum Gasteiger partial charge on any atom is 0.122 e. The number of rotatable bonds is 4. The molecule has 2 atom stereocenters. The van der Waals surface area contributed by atoms with Gasteiger partial charge in [-0.2, -0.15) is 0 Å². The van der Waals surface area contributed by atoms with E-state index in [0.717, 1.165) is 29.6 Å². The van der Waals surface area contributed by atoms with Crippen molar-refractivity contribution in [3.05, 3.63) is 36.5 Å². The number of nitrogens with one attached hydrogen (secondary N) is 1. The minimum absolute atomic E-state index is 0.272. The topological polar surface area (TPSA) is 34.1 Å². The quantitative estimate of drug-likeness (QED) is 0.864. The molecular formula is C18H24N2O. The normalized spacial score (nSPS) is 22.9. The van der Waals surface area contributed by atoms with E-state index in [1.807, 2.05) is 12.3 Å². The first-order valence-corrected chi connectivity index (χ1v) is 8.11. The number of nitrogens with zero attached hydrogens (tertiary/aromatic N) is 1. The fraction of sp³-hybridized carbons (Fsp3) is 0.500. The maximum absolute atomic E-state index is 6.31. The summed E-state index contributed by atoms with van der Waals surface area (Å²) in [7, 11) is 0. The first-order chi connectivity index (χ1) is 10.4. The van der Waals surface area contributed by atoms with Gasteiger partial charge in [0, 0.05) is 23.7 Å². The number of likely N-dealkylation sites (N-methyl/N-ethyl adjacent to an activating group) is 1. The number of benzene rings is 1. The van der Waals surface area contributed by atoms with Crippen molar-refractivity contribution in [3.63, 3.8) is 0 Å². The van der Waals surface area contributed by atoms with E-state index >= 15 is 0 Å². The average molecular weight is 284 g/mol. The van der Waals surface area contributed by atoms with Crippen LogP contribution in [0, 0.1) is 0 Å². The van der Waals surface area contributed by atoms with E-state index in [1.54, 1.807) is 0 Å². The number of hydrogen-bond donors (Lipinski definition) is 1. The van der Waals surface area contributed by atoms with E-state index in [-0.39, 0.29) is 6.10 Å². The van der Waals surface area contributed by atoms with Gasteiger partial charge in [-0.3, -0.25) is 4.98 Å². The standard InChI is InChI=1S/C18H24N2O/c1-2-19-16-8-4-3-5-9-18(16)21-15-11-10-14-7-6-12-20-17(14)13-15/h6-7,10-13,16,18-19H,2-5,8-9H2,1H3. The summed E-state index contributed by atoms with van der Waals surface area (Å²) < 4.78 is 6.31. The third-order valence-electron chi connectivity index (χ3n) is 4.28. The van der Waals surface area contributed by atoms with Gasteiger partial charge in [-0.05, 0) is 44.0 Å². The number of ether oxygens (including phenoxy) is 1. The van der Waals surface area contributed by atoms with Gasteiger partial charge in [0.25, 0.3) is 0 Å². The Hall–Kier alpha value is -1.61. The van der Waals surface area contributed by atoms with Crippen molar-refractivity contribution in [2.45, 2.75) is 51.2 Å². The van der Waals surface area contributed by atoms with Gasteiger partial charge in [0.2, 0.25) is 0 Å². The van der Waals surface area contributed by atoms with Crippen molar-refractivity contribution < 1.29 is 4.74 Å². The summed E-state index contributed by atoms with van der Waals surface area (Å²) in [5, 5.41) is 4.75. The Balaban J connectivity index is 1.78. The molecule has 3 heteroatoms. The number of aromatic nitrogens is 1. The molecule has 0 aliphatic heterocycles. The molecule has 1 N–H and O–H groups in total. The van der Waals surface area contributed by atoms with Crippen LogP contribution in [0.5, 0.6) is 5.75 Å². The molecule has 1 saturated carbocycles. The minimum atomic E-state index is 0.272. The highest BCUT2D eigenvalue weighted by Crippen LogP contribution is 2.25. The summed E-state index contributed by atoms with van der Waals surface area (Å²) in [6, 6.07) is 10.7. The molecule has 1 aliphatic rings. The molecule has 1 aliphatic carbocycles. The van der Waals surface area contributed by atoms with Crippen LogP contribution < -0.4 is 10.1 Å². The van der Waals surface area contributed by atoms with Gasteiger partial charge in [0.15, 0.2) is 0 Å². The molecule has 21 heavy (non-hydrogen) atoms. The van der Waals surface area contributed by atoms with Crippen LogP contribution in [0.2, 0.25) is 0 Å². The number of fused-ring (bicyclic) bond motifs is 1. The van der Waals surface area contributed by atoms with Crippen LogP contribution >= 0.6 is 0 Å². The van der Waals surface area contributed by atoms with Gasteiger partial charge in [0.1, 0.15) is 11.9 Å². The second-order valence-electron chi connectivity index (χ2n) is 5.82. The molecule has 0 radical (unpaired) electrons. The van der Waals surface area contributed by atoms with Crippen LogP contribution in [-0.2, 0) is 0 Å². The SMILES string of the molecule is CCNC1CCCCCC1Oc1ccc2cccnc2c1. The Morgan fingerprint density at radius 1 is 1.19 bits per heavy atom. The molecule has 1 aromatic heterocycles. The Labute approximate surface area is 126 Å². The van der Waals surface area contributed by atoms with Crippen LogP contribution in [0.3, 0.4) is 0 Å². The van der Waals surface area contributed by atoms with Gasteiger partial charge < -0.3 is 10.1 Å². The monoisotopic (exact) mass is 284 g/mol. The van der Waals surface area contributed by atoms with E-state index in [2.05, 4.69) is 41.5 Å². The molecule has 112 valence electrons. The maximum atomic E-state index is 6.31. The summed E-state index contributed by atoms with van der Waals surface area (Å²) in [6.07, 6.45) is 8.34. The molecule has 0 saturated heterocycles. The first-order valence-electron chi connectivity index (χ1n) is 8.11.